The Kier molecular flexibility index (Phi) is 13.8. The van der Waals surface area contributed by atoms with E-state index in [0.29, 0.717) is 44.5 Å². The molecule has 1 aliphatic rings. The summed E-state index contributed by atoms with van der Waals surface area (Å²) < 4.78 is 15.3. The Morgan fingerprint density at radius 1 is 1.11 bits per heavy atom. The van der Waals surface area contributed by atoms with Gasteiger partial charge >= 0.3 is 0 Å². The fraction of sp³-hybridized carbons (Fsp3) is 0.512. The van der Waals surface area contributed by atoms with Crippen molar-refractivity contribution in [1.29, 1.82) is 0 Å². The van der Waals surface area contributed by atoms with Gasteiger partial charge < -0.3 is 33.9 Å². The molecule has 0 bridgehead atoms. The fourth-order valence-corrected chi connectivity index (χ4v) is 8.12. The van der Waals surface area contributed by atoms with Crippen LogP contribution >= 0.6 is 0 Å². The minimum Gasteiger partial charge on any atom is -0.508 e. The maximum atomic E-state index is 14.0. The molecule has 0 radical (unpaired) electrons. The quantitative estimate of drug-likeness (QED) is 0.116. The summed E-state index contributed by atoms with van der Waals surface area (Å²) in [5.41, 5.74) is 9.70. The number of imidazole rings is 1. The molecule has 5 rings (SSSR count). The number of phenolic OH excluding ortho intramolecular Hbond substituents is 1. The zero-order valence-corrected chi connectivity index (χ0v) is 34.8. The van der Waals surface area contributed by atoms with Gasteiger partial charge in [0.2, 0.25) is 12.3 Å². The first kappa shape index (κ1) is 42.9. The van der Waals surface area contributed by atoms with Crippen molar-refractivity contribution in [1.82, 2.24) is 34.8 Å². The number of carbonyl (C=O) groups is 4. The Balaban J connectivity index is 1.62. The van der Waals surface area contributed by atoms with Crippen molar-refractivity contribution in [3.8, 4) is 28.3 Å². The molecule has 308 valence electrons. The number of methoxy groups -OCH3 is 1. The number of carbonyl (C=O) groups excluding carboxylic acids is 4. The van der Waals surface area contributed by atoms with Gasteiger partial charge in [-0.15, -0.1) is 0 Å². The summed E-state index contributed by atoms with van der Waals surface area (Å²) in [5.74, 6) is -0.901. The molecule has 1 aliphatic heterocycles. The van der Waals surface area contributed by atoms with E-state index < -0.39 is 23.4 Å². The molecule has 2 aromatic carbocycles. The number of ether oxygens (including phenoxy) is 2. The van der Waals surface area contributed by atoms with Crippen molar-refractivity contribution in [3.63, 3.8) is 0 Å². The highest BCUT2D eigenvalue weighted by Crippen LogP contribution is 2.42. The van der Waals surface area contributed by atoms with Gasteiger partial charge in [0, 0.05) is 63.6 Å². The van der Waals surface area contributed by atoms with Crippen LogP contribution in [0.4, 0.5) is 0 Å². The number of rotatable bonds is 18. The molecule has 3 amide bonds. The van der Waals surface area contributed by atoms with Gasteiger partial charge in [0.15, 0.2) is 0 Å². The van der Waals surface area contributed by atoms with E-state index in [1.54, 1.807) is 37.6 Å². The van der Waals surface area contributed by atoms with Crippen molar-refractivity contribution < 1.29 is 33.8 Å². The zero-order valence-electron chi connectivity index (χ0n) is 34.8. The number of hydrazine groups is 1. The zero-order chi connectivity index (χ0) is 41.6. The number of hydrogen-bond acceptors (Lipinski definition) is 9. The number of nitrogens with zero attached hydrogens (tertiary/aromatic N) is 5. The highest BCUT2D eigenvalue weighted by Gasteiger charge is 2.34. The van der Waals surface area contributed by atoms with Gasteiger partial charge in [0.1, 0.15) is 23.5 Å². The molecular weight excluding hydrogens is 727 g/mol. The lowest BCUT2D eigenvalue weighted by Crippen LogP contribution is -2.58. The summed E-state index contributed by atoms with van der Waals surface area (Å²) in [6.07, 6.45) is 4.62. The Hall–Kier alpha value is -5.21. The van der Waals surface area contributed by atoms with E-state index in [9.17, 15) is 24.3 Å². The first-order chi connectivity index (χ1) is 27.1. The SMILES string of the molecule is CCn1c(-c2ncn(C)c2C(C)OC)c(CC(C)(C)COC=O)c2cc(-c3cc(O)cc(CC(NC(=O)C(C(C)C)N(C)C=O)C(=O)N4CCCCN4)c3)ccc21. The lowest BCUT2D eigenvalue weighted by atomic mass is 9.84. The molecule has 0 spiro atoms. The van der Waals surface area contributed by atoms with Gasteiger partial charge in [0.25, 0.3) is 12.4 Å². The van der Waals surface area contributed by atoms with E-state index >= 15 is 0 Å². The van der Waals surface area contributed by atoms with Crippen LogP contribution in [0.15, 0.2) is 42.7 Å². The van der Waals surface area contributed by atoms with E-state index in [-0.39, 0.29) is 36.7 Å². The first-order valence-corrected chi connectivity index (χ1v) is 19.7. The molecule has 3 N–H and O–H groups in total. The molecular formula is C43H59N7O7. The third kappa shape index (κ3) is 9.50. The number of hydrogen-bond donors (Lipinski definition) is 3. The minimum atomic E-state index is -0.966. The first-order valence-electron chi connectivity index (χ1n) is 19.7. The molecule has 3 unspecified atom stereocenters. The van der Waals surface area contributed by atoms with Crippen LogP contribution in [0.5, 0.6) is 5.75 Å². The van der Waals surface area contributed by atoms with Crippen molar-refractivity contribution in [2.45, 2.75) is 92.0 Å². The lowest BCUT2D eigenvalue weighted by molar-refractivity contribution is -0.142. The number of likely N-dealkylation sites (N-methyl/N-ethyl adjacent to an activating group) is 1. The number of phenols is 1. The average molecular weight is 786 g/mol. The van der Waals surface area contributed by atoms with Gasteiger partial charge in [-0.1, -0.05) is 39.8 Å². The Morgan fingerprint density at radius 2 is 1.86 bits per heavy atom. The van der Waals surface area contributed by atoms with Gasteiger partial charge in [-0.2, -0.15) is 0 Å². The summed E-state index contributed by atoms with van der Waals surface area (Å²) in [7, 11) is 5.19. The summed E-state index contributed by atoms with van der Waals surface area (Å²) >= 11 is 0. The van der Waals surface area contributed by atoms with Gasteiger partial charge in [-0.3, -0.25) is 24.2 Å². The molecule has 14 heteroatoms. The second-order valence-electron chi connectivity index (χ2n) is 16.2. The Labute approximate surface area is 335 Å². The molecule has 4 aromatic rings. The number of fused-ring (bicyclic) bond motifs is 1. The molecule has 3 heterocycles. The van der Waals surface area contributed by atoms with Crippen molar-refractivity contribution in [2.75, 3.05) is 33.9 Å². The Morgan fingerprint density at radius 3 is 2.49 bits per heavy atom. The second-order valence-corrected chi connectivity index (χ2v) is 16.2. The number of aromatic nitrogens is 3. The standard InChI is InChI=1S/C43H59N7O7/c1-10-49-36-14-13-30(21-33(36)34(22-43(5,6)23-57-26-52)40(49)37-39(28(4)56-9)47(7)24-44-37)31-17-29(18-32(53)20-31)19-35(42(55)50-16-12-11-15-45-50)46-41(54)38(27(2)3)48(8)25-51/h13-14,17-18,20-21,24-28,35,38,45,53H,10-12,15-16,19,22-23H2,1-9H3,(H,46,54). The summed E-state index contributed by atoms with van der Waals surface area (Å²) in [6.45, 7) is 14.4. The van der Waals surface area contributed by atoms with Crippen LogP contribution in [0, 0.1) is 11.3 Å². The molecule has 3 atom stereocenters. The summed E-state index contributed by atoms with van der Waals surface area (Å²) in [4.78, 5) is 56.9. The number of benzene rings is 2. The summed E-state index contributed by atoms with van der Waals surface area (Å²) in [6, 6.07) is 9.70. The van der Waals surface area contributed by atoms with Crippen molar-refractivity contribution in [2.24, 2.45) is 18.4 Å². The predicted molar refractivity (Wildman–Crippen MR) is 219 cm³/mol. The molecule has 2 aromatic heterocycles. The molecule has 1 saturated heterocycles. The van der Waals surface area contributed by atoms with E-state index in [1.807, 2.05) is 44.5 Å². The van der Waals surface area contributed by atoms with Crippen molar-refractivity contribution >= 4 is 35.6 Å². The maximum absolute atomic E-state index is 14.0. The van der Waals surface area contributed by atoms with Gasteiger partial charge in [-0.25, -0.2) is 10.4 Å². The van der Waals surface area contributed by atoms with E-state index in [4.69, 9.17) is 14.5 Å². The van der Waals surface area contributed by atoms with Crippen LogP contribution < -0.4 is 10.7 Å². The van der Waals surface area contributed by atoms with Crippen LogP contribution in [0.3, 0.4) is 0 Å². The number of amides is 3. The van der Waals surface area contributed by atoms with Crippen LogP contribution in [-0.2, 0) is 55.1 Å². The predicted octanol–water partition coefficient (Wildman–Crippen LogP) is 5.15. The molecule has 0 aliphatic carbocycles. The van der Waals surface area contributed by atoms with Gasteiger partial charge in [-0.05, 0) is 85.5 Å². The topological polar surface area (TPSA) is 160 Å². The molecule has 57 heavy (non-hydrogen) atoms. The fourth-order valence-electron chi connectivity index (χ4n) is 8.12. The van der Waals surface area contributed by atoms with E-state index in [1.165, 1.54) is 4.90 Å². The highest BCUT2D eigenvalue weighted by molar-refractivity contribution is 5.95. The molecule has 14 nitrogen and oxygen atoms in total. The summed E-state index contributed by atoms with van der Waals surface area (Å²) in [5, 5.41) is 16.6. The van der Waals surface area contributed by atoms with E-state index in [2.05, 4.69) is 48.2 Å². The Bertz CT molecular complexity index is 2060. The van der Waals surface area contributed by atoms with Crippen LogP contribution in [-0.4, -0.2) is 99.8 Å². The maximum Gasteiger partial charge on any atom is 0.293 e. The van der Waals surface area contributed by atoms with Crippen molar-refractivity contribution in [3.05, 3.63) is 59.5 Å². The lowest BCUT2D eigenvalue weighted by Gasteiger charge is -2.33. The minimum absolute atomic E-state index is 0.0165. The van der Waals surface area contributed by atoms with Crippen LogP contribution in [0.25, 0.3) is 33.4 Å². The number of aryl methyl sites for hydroxylation is 2. The second kappa shape index (κ2) is 18.4. The van der Waals surface area contributed by atoms with E-state index in [0.717, 1.165) is 57.5 Å². The third-order valence-electron chi connectivity index (χ3n) is 10.9. The third-order valence-corrected chi connectivity index (χ3v) is 10.9. The monoisotopic (exact) mass is 785 g/mol. The smallest absolute Gasteiger partial charge is 0.293 e. The average Bonchev–Trinajstić information content (AvgIpc) is 3.71. The van der Waals surface area contributed by atoms with Crippen LogP contribution in [0.1, 0.15) is 77.3 Å². The largest absolute Gasteiger partial charge is 0.508 e. The number of aromatic hydroxyl groups is 1. The number of nitrogens with one attached hydrogen (secondary N) is 2. The van der Waals surface area contributed by atoms with Gasteiger partial charge in [0.05, 0.1) is 30.4 Å². The highest BCUT2D eigenvalue weighted by atomic mass is 16.5. The molecule has 0 saturated carbocycles. The molecule has 1 fully saturated rings. The van der Waals surface area contributed by atoms with Crippen LogP contribution in [0.2, 0.25) is 0 Å². The normalized spacial score (nSPS) is 15.0.